The molecule has 0 bridgehead atoms. The van der Waals surface area contributed by atoms with Crippen molar-refractivity contribution < 1.29 is 0 Å². The Bertz CT molecular complexity index is 4970. The van der Waals surface area contributed by atoms with Gasteiger partial charge in [0.1, 0.15) is 0 Å². The van der Waals surface area contributed by atoms with Crippen molar-refractivity contribution in [3.63, 3.8) is 0 Å². The minimum Gasteiger partial charge on any atom is -0.310 e. The normalized spacial score (nSPS) is 13.9. The molecule has 1 spiro atoms. The second-order valence-corrected chi connectivity index (χ2v) is 21.9. The van der Waals surface area contributed by atoms with Crippen LogP contribution in [0.2, 0.25) is 0 Å². The predicted octanol–water partition coefficient (Wildman–Crippen LogP) is 20.7. The van der Waals surface area contributed by atoms with E-state index in [1.807, 2.05) is 0 Å². The van der Waals surface area contributed by atoms with E-state index in [1.54, 1.807) is 0 Å². The minimum absolute atomic E-state index is 0.527. The van der Waals surface area contributed by atoms with Gasteiger partial charge in [0.25, 0.3) is 0 Å². The number of rotatable bonds is 8. The second-order valence-electron chi connectivity index (χ2n) is 21.9. The summed E-state index contributed by atoms with van der Waals surface area (Å²) < 4.78 is 4.92. The highest BCUT2D eigenvalue weighted by molar-refractivity contribution is 6.13. The number of anilines is 3. The molecule has 2 aliphatic rings. The van der Waals surface area contributed by atoms with Gasteiger partial charge in [0.15, 0.2) is 0 Å². The molecule has 1 unspecified atom stereocenters. The molecule has 82 heavy (non-hydrogen) atoms. The Morgan fingerprint density at radius 2 is 0.707 bits per heavy atom. The molecule has 0 saturated heterocycles. The van der Waals surface area contributed by atoms with E-state index in [4.69, 9.17) is 0 Å². The summed E-state index contributed by atoms with van der Waals surface area (Å²) in [5.74, 6) is 0. The standard InChI is InChI=1S/C79H51N3/c1-2-18-52(19-3-1)53-36-38-56(39-37-53)62-22-5-11-31-73(62)80(59-45-40-54(41-46-59)57-20-16-21-61(50-57)81-74-32-12-6-24-65(74)66-25-7-13-33-75(66)81)60-47-42-55(43-48-60)58-44-49-64-63-23-4-9-28-69(63)79(72(64)51-58)70-29-10-15-35-77(70)82-76-34-14-8-26-67(76)68-27-17-30-71(79)78(68)82/h1-51H. The molecule has 17 rings (SSSR count). The topological polar surface area (TPSA) is 13.1 Å². The Kier molecular flexibility index (Phi) is 10.2. The maximum Gasteiger partial charge on any atom is 0.0754 e. The van der Waals surface area contributed by atoms with Crippen molar-refractivity contribution in [3.05, 3.63) is 332 Å². The number of para-hydroxylation sites is 6. The first-order valence-electron chi connectivity index (χ1n) is 28.4. The Balaban J connectivity index is 0.791. The first-order chi connectivity index (χ1) is 40.7. The monoisotopic (exact) mass is 1040 g/mol. The van der Waals surface area contributed by atoms with E-state index < -0.39 is 5.41 Å². The van der Waals surface area contributed by atoms with Crippen LogP contribution < -0.4 is 4.90 Å². The Labute approximate surface area is 476 Å². The molecule has 1 aliphatic carbocycles. The van der Waals surface area contributed by atoms with Crippen LogP contribution >= 0.6 is 0 Å². The van der Waals surface area contributed by atoms with Crippen LogP contribution in [0.3, 0.4) is 0 Å². The molecule has 15 aromatic rings. The van der Waals surface area contributed by atoms with E-state index in [-0.39, 0.29) is 0 Å². The lowest BCUT2D eigenvalue weighted by molar-refractivity contribution is 0.749. The molecule has 1 aliphatic heterocycles. The number of hydrogen-bond acceptors (Lipinski definition) is 1. The fourth-order valence-corrected chi connectivity index (χ4v) is 14.2. The van der Waals surface area contributed by atoms with Crippen LogP contribution in [0.1, 0.15) is 22.3 Å². The van der Waals surface area contributed by atoms with Crippen molar-refractivity contribution in [3.8, 4) is 67.0 Å². The van der Waals surface area contributed by atoms with Crippen molar-refractivity contribution >= 4 is 60.7 Å². The zero-order valence-electron chi connectivity index (χ0n) is 44.8. The summed E-state index contributed by atoms with van der Waals surface area (Å²) in [6.45, 7) is 0. The van der Waals surface area contributed by atoms with Gasteiger partial charge in [-0.15, -0.1) is 0 Å². The van der Waals surface area contributed by atoms with Crippen molar-refractivity contribution in [1.29, 1.82) is 0 Å². The molecule has 13 aromatic carbocycles. The van der Waals surface area contributed by atoms with Crippen LogP contribution in [-0.4, -0.2) is 9.13 Å². The number of nitrogens with zero attached hydrogens (tertiary/aromatic N) is 3. The maximum absolute atomic E-state index is 2.52. The summed E-state index contributed by atoms with van der Waals surface area (Å²) in [7, 11) is 0. The Morgan fingerprint density at radius 1 is 0.256 bits per heavy atom. The van der Waals surface area contributed by atoms with Crippen molar-refractivity contribution in [1.82, 2.24) is 9.13 Å². The third-order valence-corrected chi connectivity index (χ3v) is 17.7. The van der Waals surface area contributed by atoms with Gasteiger partial charge in [0, 0.05) is 44.2 Å². The summed E-state index contributed by atoms with van der Waals surface area (Å²) in [5, 5.41) is 5.08. The molecule has 2 aromatic heterocycles. The Morgan fingerprint density at radius 3 is 1.41 bits per heavy atom. The fourth-order valence-electron chi connectivity index (χ4n) is 14.2. The van der Waals surface area contributed by atoms with Crippen molar-refractivity contribution in [2.75, 3.05) is 4.90 Å². The molecule has 0 N–H and O–H groups in total. The van der Waals surface area contributed by atoms with Crippen LogP contribution in [0.4, 0.5) is 17.1 Å². The highest BCUT2D eigenvalue weighted by Crippen LogP contribution is 2.61. The smallest absolute Gasteiger partial charge is 0.0754 e. The van der Waals surface area contributed by atoms with Gasteiger partial charge in [-0.3, -0.25) is 0 Å². The van der Waals surface area contributed by atoms with E-state index in [2.05, 4.69) is 323 Å². The predicted molar refractivity (Wildman–Crippen MR) is 342 cm³/mol. The molecule has 3 heterocycles. The summed E-state index contributed by atoms with van der Waals surface area (Å²) in [6.07, 6.45) is 0. The van der Waals surface area contributed by atoms with E-state index in [9.17, 15) is 0 Å². The zero-order valence-corrected chi connectivity index (χ0v) is 44.8. The lowest BCUT2D eigenvalue weighted by Crippen LogP contribution is -2.33. The van der Waals surface area contributed by atoms with E-state index in [1.165, 1.54) is 99.4 Å². The van der Waals surface area contributed by atoms with Crippen LogP contribution in [-0.2, 0) is 5.41 Å². The van der Waals surface area contributed by atoms with Gasteiger partial charge in [-0.05, 0) is 145 Å². The molecule has 382 valence electrons. The highest BCUT2D eigenvalue weighted by Gasteiger charge is 2.51. The van der Waals surface area contributed by atoms with E-state index >= 15 is 0 Å². The van der Waals surface area contributed by atoms with Gasteiger partial charge in [-0.1, -0.05) is 237 Å². The van der Waals surface area contributed by atoms with Gasteiger partial charge in [-0.2, -0.15) is 0 Å². The fraction of sp³-hybridized carbons (Fsp3) is 0.0127. The number of hydrogen-bond donors (Lipinski definition) is 0. The zero-order chi connectivity index (χ0) is 53.9. The highest BCUT2D eigenvalue weighted by atomic mass is 15.1. The largest absolute Gasteiger partial charge is 0.310 e. The van der Waals surface area contributed by atoms with Crippen LogP contribution in [0.15, 0.2) is 309 Å². The number of benzene rings is 13. The minimum atomic E-state index is -0.527. The Hall–Kier alpha value is -10.7. The molecular weight excluding hydrogens is 991 g/mol. The third kappa shape index (κ3) is 6.77. The average molecular weight is 1040 g/mol. The van der Waals surface area contributed by atoms with Crippen molar-refractivity contribution in [2.24, 2.45) is 0 Å². The van der Waals surface area contributed by atoms with Gasteiger partial charge in [0.05, 0.1) is 38.9 Å². The van der Waals surface area contributed by atoms with E-state index in [0.29, 0.717) is 0 Å². The molecule has 0 fully saturated rings. The molecular formula is C79H51N3. The van der Waals surface area contributed by atoms with Gasteiger partial charge in [0.2, 0.25) is 0 Å². The summed E-state index contributed by atoms with van der Waals surface area (Å²) in [4.78, 5) is 2.43. The quantitative estimate of drug-likeness (QED) is 0.148. The van der Waals surface area contributed by atoms with Gasteiger partial charge in [-0.25, -0.2) is 0 Å². The van der Waals surface area contributed by atoms with Crippen LogP contribution in [0.25, 0.3) is 111 Å². The second kappa shape index (κ2) is 18.2. The summed E-state index contributed by atoms with van der Waals surface area (Å²) in [6, 6.07) is 115. The molecule has 3 heteroatoms. The van der Waals surface area contributed by atoms with Gasteiger partial charge >= 0.3 is 0 Å². The molecule has 0 amide bonds. The number of fused-ring (bicyclic) bond motifs is 15. The summed E-state index contributed by atoms with van der Waals surface area (Å²) in [5.41, 5.74) is 27.3. The van der Waals surface area contributed by atoms with Crippen molar-refractivity contribution in [2.45, 2.75) is 5.41 Å². The lowest BCUT2D eigenvalue weighted by Gasteiger charge is -2.39. The molecule has 1 atom stereocenters. The molecule has 3 nitrogen and oxygen atoms in total. The average Bonchev–Trinajstić information content (AvgIpc) is 2.53. The lowest BCUT2D eigenvalue weighted by atomic mass is 9.65. The molecule has 0 saturated carbocycles. The van der Waals surface area contributed by atoms with Crippen LogP contribution in [0, 0.1) is 0 Å². The van der Waals surface area contributed by atoms with Gasteiger partial charge < -0.3 is 14.0 Å². The third-order valence-electron chi connectivity index (χ3n) is 17.7. The van der Waals surface area contributed by atoms with Crippen LogP contribution in [0.5, 0.6) is 0 Å². The van der Waals surface area contributed by atoms with E-state index in [0.717, 1.165) is 50.6 Å². The molecule has 0 radical (unpaired) electrons. The number of aromatic nitrogens is 2. The summed E-state index contributed by atoms with van der Waals surface area (Å²) >= 11 is 0. The maximum atomic E-state index is 2.52. The SMILES string of the molecule is c1ccc(-c2ccc(-c3ccccc3N(c3ccc(-c4cccc(-n5c6ccccc6c6ccccc65)c4)cc3)c3ccc(-c4ccc5c(c4)C4(c6ccccc6-5)c5ccccc5-n5c6ccccc6c6cccc4c65)cc3)cc2)cc1. The first-order valence-corrected chi connectivity index (χ1v) is 28.4. The first kappa shape index (κ1) is 46.2.